The van der Waals surface area contributed by atoms with Crippen LogP contribution in [0.5, 0.6) is 5.75 Å². The molecule has 1 aromatic carbocycles. The Bertz CT molecular complexity index is 705. The summed E-state index contributed by atoms with van der Waals surface area (Å²) in [6.07, 6.45) is 1.94. The number of rotatable bonds is 9. The number of hydrogen-bond acceptors (Lipinski definition) is 7. The third-order valence-electron chi connectivity index (χ3n) is 4.92. The van der Waals surface area contributed by atoms with Crippen molar-refractivity contribution >= 4 is 27.8 Å². The minimum absolute atomic E-state index is 0.0913. The second-order valence-electron chi connectivity index (χ2n) is 7.03. The van der Waals surface area contributed by atoms with Crippen molar-refractivity contribution in [3.63, 3.8) is 0 Å². The summed E-state index contributed by atoms with van der Waals surface area (Å²) in [5.74, 6) is -1.54. The van der Waals surface area contributed by atoms with Gasteiger partial charge in [-0.25, -0.2) is 5.06 Å². The first kappa shape index (κ1) is 22.6. The van der Waals surface area contributed by atoms with Gasteiger partial charge in [0.2, 0.25) is 0 Å². The third-order valence-corrected chi connectivity index (χ3v) is 5.56. The number of hydrogen-bond donors (Lipinski definition) is 5. The quantitative estimate of drug-likeness (QED) is 0.207. The smallest absolute Gasteiger partial charge is 0.321 e. The summed E-state index contributed by atoms with van der Waals surface area (Å²) in [7, 11) is 0. The van der Waals surface area contributed by atoms with E-state index in [0.29, 0.717) is 35.5 Å². The molecule has 1 aromatic rings. The molecule has 1 heterocycles. The zero-order valence-corrected chi connectivity index (χ0v) is 17.1. The van der Waals surface area contributed by atoms with Gasteiger partial charge in [-0.2, -0.15) is 0 Å². The summed E-state index contributed by atoms with van der Waals surface area (Å²) in [6.45, 7) is 1.01. The van der Waals surface area contributed by atoms with E-state index >= 15 is 0 Å². The van der Waals surface area contributed by atoms with E-state index in [-0.39, 0.29) is 18.7 Å². The lowest BCUT2D eigenvalue weighted by Crippen LogP contribution is -2.47. The normalized spacial score (nSPS) is 20.9. The maximum absolute atomic E-state index is 12.4. The van der Waals surface area contributed by atoms with Gasteiger partial charge in [0.1, 0.15) is 11.8 Å². The van der Waals surface area contributed by atoms with Crippen molar-refractivity contribution in [3.05, 3.63) is 28.2 Å². The highest BCUT2D eigenvalue weighted by atomic mass is 79.9. The molecule has 1 amide bonds. The van der Waals surface area contributed by atoms with Crippen LogP contribution in [0.25, 0.3) is 0 Å². The Morgan fingerprint density at radius 1 is 1.36 bits per heavy atom. The van der Waals surface area contributed by atoms with Crippen LogP contribution >= 0.6 is 15.9 Å². The van der Waals surface area contributed by atoms with Gasteiger partial charge in [0.05, 0.1) is 16.6 Å². The first-order valence-electron chi connectivity index (χ1n) is 9.16. The van der Waals surface area contributed by atoms with E-state index in [1.165, 1.54) is 6.07 Å². The highest BCUT2D eigenvalue weighted by Crippen LogP contribution is 2.28. The number of phenols is 1. The number of nitrogens with zero attached hydrogens (tertiary/aromatic N) is 2. The maximum atomic E-state index is 12.4. The molecule has 0 radical (unpaired) electrons. The summed E-state index contributed by atoms with van der Waals surface area (Å²) < 4.78 is 0.509. The molecule has 1 aliphatic rings. The SMILES string of the molecule is NCCCC[C@H](N)C(=O)N(O)[C@@H]1C[C@@H](C(=O)O)N(Cc2ccc(O)c(Br)c2)C1. The molecular weight excluding hydrogens is 432 g/mol. The largest absolute Gasteiger partial charge is 0.507 e. The molecule has 0 bridgehead atoms. The van der Waals surface area contributed by atoms with Gasteiger partial charge < -0.3 is 21.7 Å². The number of benzene rings is 1. The predicted molar refractivity (Wildman–Crippen MR) is 106 cm³/mol. The Morgan fingerprint density at radius 2 is 2.07 bits per heavy atom. The van der Waals surface area contributed by atoms with Crippen LogP contribution in [0.15, 0.2) is 22.7 Å². The number of phenolic OH excluding ortho intramolecular Hbond substituents is 1. The van der Waals surface area contributed by atoms with E-state index in [4.69, 9.17) is 11.5 Å². The van der Waals surface area contributed by atoms with Crippen molar-refractivity contribution in [1.82, 2.24) is 9.96 Å². The van der Waals surface area contributed by atoms with Crippen molar-refractivity contribution < 1.29 is 25.0 Å². The lowest BCUT2D eigenvalue weighted by molar-refractivity contribution is -0.176. The fourth-order valence-corrected chi connectivity index (χ4v) is 3.78. The van der Waals surface area contributed by atoms with Crippen LogP contribution < -0.4 is 11.5 Å². The van der Waals surface area contributed by atoms with Crippen LogP contribution in [0.3, 0.4) is 0 Å². The minimum atomic E-state index is -1.02. The van der Waals surface area contributed by atoms with Gasteiger partial charge >= 0.3 is 5.97 Å². The third kappa shape index (κ3) is 5.65. The molecule has 156 valence electrons. The van der Waals surface area contributed by atoms with Crippen LogP contribution in [-0.4, -0.2) is 68.5 Å². The molecule has 0 spiro atoms. The highest BCUT2D eigenvalue weighted by Gasteiger charge is 2.41. The van der Waals surface area contributed by atoms with Crippen molar-refractivity contribution in [2.24, 2.45) is 11.5 Å². The van der Waals surface area contributed by atoms with Crippen LogP contribution in [0, 0.1) is 0 Å². The first-order chi connectivity index (χ1) is 13.2. The molecule has 7 N–H and O–H groups in total. The van der Waals surface area contributed by atoms with E-state index in [2.05, 4.69) is 15.9 Å². The zero-order chi connectivity index (χ0) is 20.8. The Labute approximate surface area is 172 Å². The molecule has 28 heavy (non-hydrogen) atoms. The van der Waals surface area contributed by atoms with Crippen molar-refractivity contribution in [2.75, 3.05) is 13.1 Å². The van der Waals surface area contributed by atoms with E-state index in [0.717, 1.165) is 12.0 Å². The van der Waals surface area contributed by atoms with Crippen LogP contribution in [-0.2, 0) is 16.1 Å². The van der Waals surface area contributed by atoms with Crippen LogP contribution in [0.1, 0.15) is 31.2 Å². The van der Waals surface area contributed by atoms with E-state index in [1.54, 1.807) is 17.0 Å². The fourth-order valence-electron chi connectivity index (χ4n) is 3.35. The van der Waals surface area contributed by atoms with Gasteiger partial charge in [-0.15, -0.1) is 0 Å². The Balaban J connectivity index is 2.04. The van der Waals surface area contributed by atoms with E-state index < -0.39 is 30.0 Å². The maximum Gasteiger partial charge on any atom is 0.321 e. The summed E-state index contributed by atoms with van der Waals surface area (Å²) in [6, 6.07) is 2.58. The minimum Gasteiger partial charge on any atom is -0.507 e. The number of carbonyl (C=O) groups is 2. The number of halogens is 1. The monoisotopic (exact) mass is 458 g/mol. The van der Waals surface area contributed by atoms with E-state index in [9.17, 15) is 25.0 Å². The summed E-state index contributed by atoms with van der Waals surface area (Å²) >= 11 is 3.24. The number of carboxylic acids is 1. The van der Waals surface area contributed by atoms with Gasteiger partial charge in [-0.05, 0) is 59.4 Å². The average molecular weight is 459 g/mol. The molecule has 10 heteroatoms. The molecule has 0 aliphatic carbocycles. The zero-order valence-electron chi connectivity index (χ0n) is 15.5. The number of hydroxylamine groups is 2. The summed E-state index contributed by atoms with van der Waals surface area (Å²) in [5.41, 5.74) is 12.1. The molecule has 0 aromatic heterocycles. The Hall–Kier alpha value is -1.72. The molecule has 9 nitrogen and oxygen atoms in total. The van der Waals surface area contributed by atoms with Gasteiger partial charge in [0.25, 0.3) is 5.91 Å². The van der Waals surface area contributed by atoms with Gasteiger partial charge in [0, 0.05) is 13.1 Å². The molecule has 0 saturated carbocycles. The van der Waals surface area contributed by atoms with Gasteiger partial charge in [-0.3, -0.25) is 19.7 Å². The standard InChI is InChI=1S/C18H27BrN4O5/c19-13-7-11(4-5-16(13)24)9-22-10-12(8-15(22)18(26)27)23(28)17(25)14(21)3-1-2-6-20/h4-5,7,12,14-15,24,28H,1-3,6,8-10,20-21H2,(H,26,27)/t12-,14+,15+/m1/s1. The van der Waals surface area contributed by atoms with Crippen molar-refractivity contribution in [2.45, 2.75) is 50.4 Å². The first-order valence-corrected chi connectivity index (χ1v) is 9.95. The number of unbranched alkanes of at least 4 members (excludes halogenated alkanes) is 1. The Morgan fingerprint density at radius 3 is 2.68 bits per heavy atom. The lowest BCUT2D eigenvalue weighted by atomic mass is 10.1. The number of carbonyl (C=O) groups excluding carboxylic acids is 1. The van der Waals surface area contributed by atoms with Crippen molar-refractivity contribution in [1.29, 1.82) is 0 Å². The lowest BCUT2D eigenvalue weighted by Gasteiger charge is -2.25. The molecule has 2 rings (SSSR count). The Kier molecular flexibility index (Phi) is 8.20. The fraction of sp³-hybridized carbons (Fsp3) is 0.556. The highest BCUT2D eigenvalue weighted by molar-refractivity contribution is 9.10. The number of aliphatic carboxylic acids is 1. The number of likely N-dealkylation sites (tertiary alicyclic amines) is 1. The van der Waals surface area contributed by atoms with Crippen LogP contribution in [0.4, 0.5) is 0 Å². The summed E-state index contributed by atoms with van der Waals surface area (Å²) in [5, 5.41) is 30.1. The average Bonchev–Trinajstić information content (AvgIpc) is 3.07. The molecule has 3 atom stereocenters. The van der Waals surface area contributed by atoms with Crippen molar-refractivity contribution in [3.8, 4) is 5.75 Å². The number of carboxylic acid groups (broad SMARTS) is 1. The van der Waals surface area contributed by atoms with E-state index in [1.807, 2.05) is 0 Å². The molecule has 1 saturated heterocycles. The molecule has 1 fully saturated rings. The number of aromatic hydroxyl groups is 1. The second kappa shape index (κ2) is 10.2. The molecule has 1 aliphatic heterocycles. The molecule has 0 unspecified atom stereocenters. The number of nitrogens with two attached hydrogens (primary N) is 2. The van der Waals surface area contributed by atoms with Gasteiger partial charge in [-0.1, -0.05) is 12.5 Å². The number of amides is 1. The second-order valence-corrected chi connectivity index (χ2v) is 7.89. The van der Waals surface area contributed by atoms with Crippen LogP contribution in [0.2, 0.25) is 0 Å². The summed E-state index contributed by atoms with van der Waals surface area (Å²) in [4.78, 5) is 25.7. The topological polar surface area (TPSA) is 153 Å². The predicted octanol–water partition coefficient (Wildman–Crippen LogP) is 0.856. The van der Waals surface area contributed by atoms with Gasteiger partial charge in [0.15, 0.2) is 0 Å². The molecular formula is C18H27BrN4O5.